The molecule has 0 aromatic heterocycles. The summed E-state index contributed by atoms with van der Waals surface area (Å²) in [5, 5.41) is 2.67. The molecule has 3 aromatic rings. The van der Waals surface area contributed by atoms with Gasteiger partial charge in [-0.3, -0.25) is 9.59 Å². The average molecular weight is 466 g/mol. The van der Waals surface area contributed by atoms with Crippen LogP contribution in [0.15, 0.2) is 66.7 Å². The number of rotatable bonds is 8. The third-order valence-electron chi connectivity index (χ3n) is 5.60. The zero-order chi connectivity index (χ0) is 24.1. The Balaban J connectivity index is 1.32. The summed E-state index contributed by atoms with van der Waals surface area (Å²) in [5.74, 6) is -1.32. The number of carbonyl (C=O) groups is 2. The van der Waals surface area contributed by atoms with E-state index in [0.717, 1.165) is 17.4 Å². The van der Waals surface area contributed by atoms with E-state index in [-0.39, 0.29) is 42.8 Å². The quantitative estimate of drug-likeness (QED) is 0.529. The van der Waals surface area contributed by atoms with Crippen LogP contribution in [0.4, 0.5) is 14.5 Å². The monoisotopic (exact) mass is 466 g/mol. The molecule has 1 heterocycles. The third kappa shape index (κ3) is 5.70. The molecular formula is C26H24F2N2O4. The van der Waals surface area contributed by atoms with Gasteiger partial charge in [-0.05, 0) is 47.5 Å². The van der Waals surface area contributed by atoms with Crippen LogP contribution in [0.1, 0.15) is 17.5 Å². The van der Waals surface area contributed by atoms with Gasteiger partial charge in [0.15, 0.2) is 11.6 Å². The van der Waals surface area contributed by atoms with Gasteiger partial charge in [-0.25, -0.2) is 8.78 Å². The number of anilines is 1. The first-order valence-corrected chi connectivity index (χ1v) is 10.8. The Morgan fingerprint density at radius 2 is 1.85 bits per heavy atom. The fourth-order valence-corrected chi connectivity index (χ4v) is 3.78. The minimum absolute atomic E-state index is 0.00853. The maximum atomic E-state index is 14.5. The molecule has 0 aliphatic carbocycles. The maximum Gasteiger partial charge on any atom is 0.229 e. The van der Waals surface area contributed by atoms with Gasteiger partial charge in [-0.15, -0.1) is 0 Å². The summed E-state index contributed by atoms with van der Waals surface area (Å²) in [5.41, 5.74) is 1.77. The molecule has 1 atom stereocenters. The lowest BCUT2D eigenvalue weighted by atomic mass is 10.1. The van der Waals surface area contributed by atoms with Crippen molar-refractivity contribution in [1.29, 1.82) is 0 Å². The molecule has 34 heavy (non-hydrogen) atoms. The number of hydrogen-bond acceptors (Lipinski definition) is 4. The molecule has 1 unspecified atom stereocenters. The number of halogens is 2. The molecule has 1 aliphatic rings. The number of nitrogens with one attached hydrogen (secondary N) is 1. The minimum atomic E-state index is -0.655. The molecule has 3 aromatic carbocycles. The van der Waals surface area contributed by atoms with Gasteiger partial charge in [0.05, 0.1) is 13.0 Å². The number of likely N-dealkylation sites (tertiary alicyclic amines) is 1. The van der Waals surface area contributed by atoms with E-state index >= 15 is 0 Å². The number of hydrogen-bond donors (Lipinski definition) is 1. The number of benzene rings is 3. The van der Waals surface area contributed by atoms with Crippen LogP contribution in [0.3, 0.4) is 0 Å². The first-order valence-electron chi connectivity index (χ1n) is 10.8. The Labute approximate surface area is 196 Å². The van der Waals surface area contributed by atoms with E-state index in [0.29, 0.717) is 12.1 Å². The van der Waals surface area contributed by atoms with Gasteiger partial charge in [0.2, 0.25) is 11.8 Å². The molecule has 0 saturated carbocycles. The van der Waals surface area contributed by atoms with E-state index in [1.807, 2.05) is 24.3 Å². The van der Waals surface area contributed by atoms with E-state index in [1.54, 1.807) is 24.1 Å². The number of carbonyl (C=O) groups excluding carboxylic acids is 2. The standard InChI is InChI=1S/C26H24F2N2O4/c1-33-22-8-5-17(6-9-22)14-30-15-19(12-25(30)31)26(32)29-21-7-10-24(23(28)13-21)34-16-18-3-2-4-20(27)11-18/h2-11,13,19H,12,14-16H2,1H3,(H,29,32). The van der Waals surface area contributed by atoms with E-state index < -0.39 is 17.6 Å². The van der Waals surface area contributed by atoms with Crippen molar-refractivity contribution in [3.05, 3.63) is 89.5 Å². The van der Waals surface area contributed by atoms with Gasteiger partial charge in [0.25, 0.3) is 0 Å². The summed E-state index contributed by atoms with van der Waals surface area (Å²) in [6, 6.07) is 17.3. The molecule has 0 bridgehead atoms. The Bertz CT molecular complexity index is 1180. The lowest BCUT2D eigenvalue weighted by Gasteiger charge is -2.17. The molecule has 0 radical (unpaired) electrons. The van der Waals surface area contributed by atoms with Gasteiger partial charge in [0.1, 0.15) is 18.2 Å². The van der Waals surface area contributed by atoms with Crippen LogP contribution < -0.4 is 14.8 Å². The highest BCUT2D eigenvalue weighted by Crippen LogP contribution is 2.25. The molecule has 1 fully saturated rings. The second kappa shape index (κ2) is 10.3. The zero-order valence-corrected chi connectivity index (χ0v) is 18.6. The predicted octanol–water partition coefficient (Wildman–Crippen LogP) is 4.54. The first-order chi connectivity index (χ1) is 16.4. The highest BCUT2D eigenvalue weighted by Gasteiger charge is 2.34. The second-order valence-corrected chi connectivity index (χ2v) is 8.08. The summed E-state index contributed by atoms with van der Waals surface area (Å²) >= 11 is 0. The van der Waals surface area contributed by atoms with Crippen LogP contribution >= 0.6 is 0 Å². The minimum Gasteiger partial charge on any atom is -0.497 e. The van der Waals surface area contributed by atoms with Crippen LogP contribution in [-0.4, -0.2) is 30.4 Å². The van der Waals surface area contributed by atoms with Crippen molar-refractivity contribution >= 4 is 17.5 Å². The van der Waals surface area contributed by atoms with Gasteiger partial charge >= 0.3 is 0 Å². The highest BCUT2D eigenvalue weighted by molar-refractivity contribution is 5.97. The van der Waals surface area contributed by atoms with Crippen LogP contribution in [0.25, 0.3) is 0 Å². The lowest BCUT2D eigenvalue weighted by molar-refractivity contribution is -0.128. The van der Waals surface area contributed by atoms with Crippen molar-refractivity contribution in [1.82, 2.24) is 4.90 Å². The summed E-state index contributed by atoms with van der Waals surface area (Å²) in [6.45, 7) is 0.696. The van der Waals surface area contributed by atoms with Crippen molar-refractivity contribution in [2.75, 3.05) is 19.0 Å². The Morgan fingerprint density at radius 3 is 2.56 bits per heavy atom. The fraction of sp³-hybridized carbons (Fsp3) is 0.231. The van der Waals surface area contributed by atoms with Gasteiger partial charge in [-0.1, -0.05) is 24.3 Å². The van der Waals surface area contributed by atoms with E-state index in [4.69, 9.17) is 9.47 Å². The topological polar surface area (TPSA) is 67.9 Å². The van der Waals surface area contributed by atoms with Crippen LogP contribution in [0.5, 0.6) is 11.5 Å². The molecule has 1 aliphatic heterocycles. The lowest BCUT2D eigenvalue weighted by Crippen LogP contribution is -2.28. The third-order valence-corrected chi connectivity index (χ3v) is 5.60. The largest absolute Gasteiger partial charge is 0.497 e. The number of nitrogens with zero attached hydrogens (tertiary/aromatic N) is 1. The van der Waals surface area contributed by atoms with Crippen LogP contribution in [0, 0.1) is 17.6 Å². The molecule has 4 rings (SSSR count). The van der Waals surface area contributed by atoms with E-state index in [1.165, 1.54) is 24.3 Å². The van der Waals surface area contributed by atoms with Gasteiger partial charge in [-0.2, -0.15) is 0 Å². The zero-order valence-electron chi connectivity index (χ0n) is 18.6. The average Bonchev–Trinajstić information content (AvgIpc) is 3.19. The molecule has 1 saturated heterocycles. The number of methoxy groups -OCH3 is 1. The molecule has 2 amide bonds. The first kappa shape index (κ1) is 23.2. The summed E-state index contributed by atoms with van der Waals surface area (Å²) in [7, 11) is 1.58. The van der Waals surface area contributed by atoms with E-state index in [9.17, 15) is 18.4 Å². The van der Waals surface area contributed by atoms with Crippen molar-refractivity contribution in [2.45, 2.75) is 19.6 Å². The number of amides is 2. The van der Waals surface area contributed by atoms with E-state index in [2.05, 4.69) is 5.32 Å². The van der Waals surface area contributed by atoms with Crippen molar-refractivity contribution in [2.24, 2.45) is 5.92 Å². The molecule has 6 nitrogen and oxygen atoms in total. The Hall–Kier alpha value is -3.94. The smallest absolute Gasteiger partial charge is 0.229 e. The summed E-state index contributed by atoms with van der Waals surface area (Å²) < 4.78 is 38.3. The normalized spacial score (nSPS) is 15.3. The molecule has 176 valence electrons. The fourth-order valence-electron chi connectivity index (χ4n) is 3.78. The van der Waals surface area contributed by atoms with Crippen molar-refractivity contribution < 1.29 is 27.8 Å². The SMILES string of the molecule is COc1ccc(CN2CC(C(=O)Nc3ccc(OCc4cccc(F)c4)c(F)c3)CC2=O)cc1. The number of ether oxygens (including phenoxy) is 2. The Morgan fingerprint density at radius 1 is 1.06 bits per heavy atom. The van der Waals surface area contributed by atoms with Gasteiger partial charge < -0.3 is 19.7 Å². The molecule has 8 heteroatoms. The van der Waals surface area contributed by atoms with Crippen molar-refractivity contribution in [3.8, 4) is 11.5 Å². The van der Waals surface area contributed by atoms with Gasteiger partial charge in [0, 0.05) is 31.3 Å². The summed E-state index contributed by atoms with van der Waals surface area (Å²) in [6.07, 6.45) is 0.0965. The molecule has 0 spiro atoms. The summed E-state index contributed by atoms with van der Waals surface area (Å²) in [4.78, 5) is 26.7. The molecule has 1 N–H and O–H groups in total. The van der Waals surface area contributed by atoms with Crippen molar-refractivity contribution in [3.63, 3.8) is 0 Å². The highest BCUT2D eigenvalue weighted by atomic mass is 19.1. The molecular weight excluding hydrogens is 442 g/mol. The van der Waals surface area contributed by atoms with Crippen LogP contribution in [-0.2, 0) is 22.7 Å². The predicted molar refractivity (Wildman–Crippen MR) is 122 cm³/mol. The van der Waals surface area contributed by atoms with Crippen LogP contribution in [0.2, 0.25) is 0 Å². The second-order valence-electron chi connectivity index (χ2n) is 8.08. The Kier molecular flexibility index (Phi) is 7.06. The maximum absolute atomic E-state index is 14.5.